The van der Waals surface area contributed by atoms with Crippen LogP contribution in [0.2, 0.25) is 0 Å². The molecule has 1 aliphatic rings. The molecule has 0 unspecified atom stereocenters. The van der Waals surface area contributed by atoms with E-state index < -0.39 is 0 Å². The van der Waals surface area contributed by atoms with Crippen molar-refractivity contribution in [3.05, 3.63) is 59.5 Å². The van der Waals surface area contributed by atoms with Crippen molar-refractivity contribution < 1.29 is 14.3 Å². The Kier molecular flexibility index (Phi) is 4.04. The molecule has 1 N–H and O–H groups in total. The van der Waals surface area contributed by atoms with Crippen LogP contribution in [0.5, 0.6) is 11.5 Å². The first-order valence-corrected chi connectivity index (χ1v) is 8.32. The minimum atomic E-state index is -0.307. The van der Waals surface area contributed by atoms with Crippen LogP contribution in [0.4, 0.5) is 0 Å². The summed E-state index contributed by atoms with van der Waals surface area (Å²) in [5, 5.41) is 4.23. The molecule has 0 bridgehead atoms. The van der Waals surface area contributed by atoms with Crippen molar-refractivity contribution in [2.75, 3.05) is 13.2 Å². The van der Waals surface area contributed by atoms with Gasteiger partial charge in [0.25, 0.3) is 5.91 Å². The molecule has 1 aliphatic heterocycles. The summed E-state index contributed by atoms with van der Waals surface area (Å²) >= 11 is 0. The molecule has 0 saturated carbocycles. The number of carbonyl (C=O) groups is 1. The molecule has 0 atom stereocenters. The lowest BCUT2D eigenvalue weighted by Gasteiger charge is -2.18. The van der Waals surface area contributed by atoms with Gasteiger partial charge in [-0.25, -0.2) is 10.4 Å². The predicted octanol–water partition coefficient (Wildman–Crippen LogP) is 2.57. The number of benzene rings is 1. The third-order valence-electron chi connectivity index (χ3n) is 4.20. The molecular weight excluding hydrogens is 332 g/mol. The Hall–Kier alpha value is -3.35. The van der Waals surface area contributed by atoms with Gasteiger partial charge in [-0.2, -0.15) is 5.10 Å². The monoisotopic (exact) mass is 350 g/mol. The minimum absolute atomic E-state index is 0.307. The molecule has 2 aromatic heterocycles. The average molecular weight is 350 g/mol. The van der Waals surface area contributed by atoms with Gasteiger partial charge >= 0.3 is 0 Å². The highest BCUT2D eigenvalue weighted by Gasteiger charge is 2.16. The van der Waals surface area contributed by atoms with Crippen LogP contribution in [0.3, 0.4) is 0 Å². The smallest absolute Gasteiger partial charge is 0.290 e. The number of nitrogens with zero attached hydrogens (tertiary/aromatic N) is 3. The van der Waals surface area contributed by atoms with Gasteiger partial charge in [-0.15, -0.1) is 0 Å². The molecule has 7 heteroatoms. The van der Waals surface area contributed by atoms with Crippen LogP contribution in [-0.2, 0) is 0 Å². The zero-order valence-electron chi connectivity index (χ0n) is 14.5. The first-order valence-electron chi connectivity index (χ1n) is 8.32. The van der Waals surface area contributed by atoms with E-state index >= 15 is 0 Å². The van der Waals surface area contributed by atoms with Crippen LogP contribution in [0.15, 0.2) is 47.7 Å². The first-order chi connectivity index (χ1) is 12.6. The fourth-order valence-electron chi connectivity index (χ4n) is 2.91. The zero-order chi connectivity index (χ0) is 18.1. The van der Waals surface area contributed by atoms with Gasteiger partial charge in [-0.3, -0.25) is 9.20 Å². The van der Waals surface area contributed by atoms with Crippen LogP contribution in [0.25, 0.3) is 5.65 Å². The zero-order valence-corrected chi connectivity index (χ0v) is 14.5. The molecule has 7 nitrogen and oxygen atoms in total. The summed E-state index contributed by atoms with van der Waals surface area (Å²) in [4.78, 5) is 17.0. The number of ether oxygens (including phenoxy) is 2. The summed E-state index contributed by atoms with van der Waals surface area (Å²) in [6.07, 6.45) is 1.81. The summed E-state index contributed by atoms with van der Waals surface area (Å²) in [6, 6.07) is 11.2. The Labute approximate surface area is 150 Å². The SMILES string of the molecule is C/C(=N/NC(=O)c1c(C)nc2ccccn12)c1ccc2c(c1)OCCO2. The summed E-state index contributed by atoms with van der Waals surface area (Å²) in [6.45, 7) is 4.71. The fourth-order valence-corrected chi connectivity index (χ4v) is 2.91. The molecular formula is C19H18N4O3. The molecule has 0 radical (unpaired) electrons. The Bertz CT molecular complexity index is 1020. The van der Waals surface area contributed by atoms with E-state index in [1.807, 2.05) is 49.5 Å². The van der Waals surface area contributed by atoms with Crippen molar-refractivity contribution >= 4 is 17.3 Å². The number of aryl methyl sites for hydroxylation is 1. The second-order valence-electron chi connectivity index (χ2n) is 5.97. The lowest BCUT2D eigenvalue weighted by Crippen LogP contribution is -2.22. The molecule has 0 fully saturated rings. The number of pyridine rings is 1. The topological polar surface area (TPSA) is 77.2 Å². The van der Waals surface area contributed by atoms with Gasteiger partial charge in [0.15, 0.2) is 11.5 Å². The second kappa shape index (κ2) is 6.51. The molecule has 3 heterocycles. The second-order valence-corrected chi connectivity index (χ2v) is 5.97. The molecule has 132 valence electrons. The molecule has 0 spiro atoms. The van der Waals surface area contributed by atoms with Crippen molar-refractivity contribution in [2.45, 2.75) is 13.8 Å². The standard InChI is InChI=1S/C19H18N4O3/c1-12(14-6-7-15-16(11-14)26-10-9-25-15)21-22-19(24)18-13(2)20-17-5-3-4-8-23(17)18/h3-8,11H,9-10H2,1-2H3,(H,22,24)/b21-12-. The highest BCUT2D eigenvalue weighted by molar-refractivity contribution is 6.01. The number of rotatable bonds is 3. The average Bonchev–Trinajstić information content (AvgIpc) is 3.01. The number of aromatic nitrogens is 2. The summed E-state index contributed by atoms with van der Waals surface area (Å²) < 4.78 is 12.8. The Morgan fingerprint density at radius 3 is 2.85 bits per heavy atom. The van der Waals surface area contributed by atoms with Gasteiger partial charge in [0, 0.05) is 11.8 Å². The number of fused-ring (bicyclic) bond motifs is 2. The molecule has 1 amide bonds. The third-order valence-corrected chi connectivity index (χ3v) is 4.20. The van der Waals surface area contributed by atoms with Crippen LogP contribution in [-0.4, -0.2) is 34.2 Å². The predicted molar refractivity (Wildman–Crippen MR) is 97.0 cm³/mol. The lowest BCUT2D eigenvalue weighted by atomic mass is 10.1. The van der Waals surface area contributed by atoms with Crippen molar-refractivity contribution in [3.63, 3.8) is 0 Å². The highest BCUT2D eigenvalue weighted by atomic mass is 16.6. The Morgan fingerprint density at radius 2 is 2.00 bits per heavy atom. The number of hydrazone groups is 1. The van der Waals surface area contributed by atoms with Crippen LogP contribution in [0.1, 0.15) is 28.7 Å². The quantitative estimate of drug-likeness (QED) is 0.582. The number of imidazole rings is 1. The Balaban J connectivity index is 1.57. The van der Waals surface area contributed by atoms with E-state index in [0.717, 1.165) is 17.0 Å². The third kappa shape index (κ3) is 2.88. The van der Waals surface area contributed by atoms with Crippen molar-refractivity contribution in [2.24, 2.45) is 5.10 Å². The Morgan fingerprint density at radius 1 is 1.19 bits per heavy atom. The van der Waals surface area contributed by atoms with Crippen LogP contribution < -0.4 is 14.9 Å². The molecule has 3 aromatic rings. The summed E-state index contributed by atoms with van der Waals surface area (Å²) in [5.74, 6) is 1.10. The molecule has 4 rings (SSSR count). The van der Waals surface area contributed by atoms with E-state index in [0.29, 0.717) is 36.1 Å². The number of hydrogen-bond donors (Lipinski definition) is 1. The van der Waals surface area contributed by atoms with Crippen molar-refractivity contribution in [1.82, 2.24) is 14.8 Å². The lowest BCUT2D eigenvalue weighted by molar-refractivity contribution is 0.0948. The number of carbonyl (C=O) groups excluding carboxylic acids is 1. The van der Waals surface area contributed by atoms with E-state index in [2.05, 4.69) is 15.5 Å². The van der Waals surface area contributed by atoms with E-state index in [-0.39, 0.29) is 5.91 Å². The van der Waals surface area contributed by atoms with Gasteiger partial charge < -0.3 is 9.47 Å². The number of hydrogen-bond acceptors (Lipinski definition) is 5. The van der Waals surface area contributed by atoms with Crippen LogP contribution in [0, 0.1) is 6.92 Å². The van der Waals surface area contributed by atoms with E-state index in [1.165, 1.54) is 0 Å². The van der Waals surface area contributed by atoms with Gasteiger partial charge in [0.1, 0.15) is 24.6 Å². The number of nitrogens with one attached hydrogen (secondary N) is 1. The molecule has 1 aromatic carbocycles. The van der Waals surface area contributed by atoms with E-state index in [9.17, 15) is 4.79 Å². The van der Waals surface area contributed by atoms with E-state index in [1.54, 1.807) is 11.3 Å². The molecule has 0 saturated heterocycles. The van der Waals surface area contributed by atoms with Crippen LogP contribution >= 0.6 is 0 Å². The van der Waals surface area contributed by atoms with Gasteiger partial charge in [-0.1, -0.05) is 6.07 Å². The van der Waals surface area contributed by atoms with Gasteiger partial charge in [0.05, 0.1) is 11.4 Å². The summed E-state index contributed by atoms with van der Waals surface area (Å²) in [5.41, 5.74) is 5.98. The highest BCUT2D eigenvalue weighted by Crippen LogP contribution is 2.30. The van der Waals surface area contributed by atoms with Crippen molar-refractivity contribution in [1.29, 1.82) is 0 Å². The van der Waals surface area contributed by atoms with E-state index in [4.69, 9.17) is 9.47 Å². The van der Waals surface area contributed by atoms with Gasteiger partial charge in [0.2, 0.25) is 0 Å². The van der Waals surface area contributed by atoms with Gasteiger partial charge in [-0.05, 0) is 44.2 Å². The largest absolute Gasteiger partial charge is 0.486 e. The molecule has 26 heavy (non-hydrogen) atoms. The maximum Gasteiger partial charge on any atom is 0.290 e. The van der Waals surface area contributed by atoms with Crippen molar-refractivity contribution in [3.8, 4) is 11.5 Å². The first kappa shape index (κ1) is 16.1. The maximum absolute atomic E-state index is 12.6. The summed E-state index contributed by atoms with van der Waals surface area (Å²) in [7, 11) is 0. The fraction of sp³-hybridized carbons (Fsp3) is 0.211. The number of amides is 1. The molecule has 0 aliphatic carbocycles. The maximum atomic E-state index is 12.6. The normalized spacial score (nSPS) is 13.7. The minimum Gasteiger partial charge on any atom is -0.486 e.